The number of aromatic amines is 1. The summed E-state index contributed by atoms with van der Waals surface area (Å²) in [6.07, 6.45) is -1.84. The number of nitrogens with one attached hydrogen (secondary N) is 1. The molecule has 0 aliphatic rings. The van der Waals surface area contributed by atoms with Crippen LogP contribution in [0.15, 0.2) is 36.7 Å². The minimum absolute atomic E-state index is 0.0466. The summed E-state index contributed by atoms with van der Waals surface area (Å²) in [5.41, 5.74) is 1.34. The van der Waals surface area contributed by atoms with E-state index in [1.807, 2.05) is 5.10 Å². The molecule has 0 atom stereocenters. The molecule has 1 N–H and O–H groups in total. The van der Waals surface area contributed by atoms with Gasteiger partial charge in [-0.25, -0.2) is 19.3 Å². The first-order chi connectivity index (χ1) is 12.8. The summed E-state index contributed by atoms with van der Waals surface area (Å²) in [6.45, 7) is 0. The van der Waals surface area contributed by atoms with Gasteiger partial charge in [0.25, 0.3) is 0 Å². The highest BCUT2D eigenvalue weighted by atomic mass is 19.4. The lowest BCUT2D eigenvalue weighted by atomic mass is 10.1. The van der Waals surface area contributed by atoms with Crippen molar-refractivity contribution in [1.82, 2.24) is 29.5 Å². The zero-order valence-electron chi connectivity index (χ0n) is 13.5. The van der Waals surface area contributed by atoms with E-state index in [0.717, 1.165) is 0 Å². The zero-order chi connectivity index (χ0) is 19.2. The van der Waals surface area contributed by atoms with Crippen LogP contribution in [0.3, 0.4) is 0 Å². The smallest absolute Gasteiger partial charge is 0.311 e. The number of hydrogen-bond donors (Lipinski definition) is 1. The maximum Gasteiger partial charge on any atom is 0.451 e. The quantitative estimate of drug-likeness (QED) is 0.442. The average molecular weight is 372 g/mol. The fourth-order valence-electron chi connectivity index (χ4n) is 2.62. The van der Waals surface area contributed by atoms with E-state index in [-0.39, 0.29) is 23.5 Å². The van der Waals surface area contributed by atoms with Crippen molar-refractivity contribution < 1.29 is 17.6 Å². The van der Waals surface area contributed by atoms with Crippen molar-refractivity contribution in [2.75, 3.05) is 0 Å². The average Bonchev–Trinajstić information content (AvgIpc) is 3.24. The minimum atomic E-state index is -4.67. The summed E-state index contributed by atoms with van der Waals surface area (Å²) < 4.78 is 53.7. The number of H-pyrrole nitrogens is 1. The minimum Gasteiger partial charge on any atom is -0.311 e. The van der Waals surface area contributed by atoms with Crippen LogP contribution in [0.25, 0.3) is 17.2 Å². The monoisotopic (exact) mass is 372 g/mol. The van der Waals surface area contributed by atoms with Crippen LogP contribution in [0, 0.1) is 5.82 Å². The van der Waals surface area contributed by atoms with Gasteiger partial charge in [-0.05, 0) is 17.2 Å². The molecule has 0 fully saturated rings. The van der Waals surface area contributed by atoms with Crippen LogP contribution in [0.2, 0.25) is 0 Å². The molecule has 0 spiro atoms. The topological polar surface area (TPSA) is 71.8 Å². The molecule has 27 heavy (non-hydrogen) atoms. The highest BCUT2D eigenvalue weighted by Gasteiger charge is 2.35. The third-order valence-electron chi connectivity index (χ3n) is 3.89. The summed E-state index contributed by atoms with van der Waals surface area (Å²) in [4.78, 5) is 11.9. The third-order valence-corrected chi connectivity index (χ3v) is 3.89. The van der Waals surface area contributed by atoms with Crippen molar-refractivity contribution in [1.29, 1.82) is 0 Å². The van der Waals surface area contributed by atoms with Crippen LogP contribution in [-0.2, 0) is 12.6 Å². The number of fused-ring (bicyclic) bond motifs is 1. The Morgan fingerprint density at radius 1 is 1.15 bits per heavy atom. The number of nitrogens with zero attached hydrogens (tertiary/aromatic N) is 5. The van der Waals surface area contributed by atoms with Crippen molar-refractivity contribution in [3.8, 4) is 11.5 Å². The lowest BCUT2D eigenvalue weighted by Crippen LogP contribution is -2.12. The second kappa shape index (κ2) is 6.18. The van der Waals surface area contributed by atoms with Crippen LogP contribution >= 0.6 is 0 Å². The molecule has 4 rings (SSSR count). The van der Waals surface area contributed by atoms with Gasteiger partial charge < -0.3 is 4.40 Å². The van der Waals surface area contributed by atoms with Crippen LogP contribution in [0.5, 0.6) is 0 Å². The first-order valence-electron chi connectivity index (χ1n) is 7.69. The molecule has 0 saturated carbocycles. The van der Waals surface area contributed by atoms with Gasteiger partial charge in [0.2, 0.25) is 11.6 Å². The zero-order valence-corrected chi connectivity index (χ0v) is 13.5. The van der Waals surface area contributed by atoms with E-state index in [9.17, 15) is 17.6 Å². The van der Waals surface area contributed by atoms with E-state index >= 15 is 0 Å². The van der Waals surface area contributed by atoms with Crippen LogP contribution in [0.1, 0.15) is 17.1 Å². The Labute approximate surface area is 150 Å². The van der Waals surface area contributed by atoms with Crippen molar-refractivity contribution in [2.24, 2.45) is 0 Å². The molecular weight excluding hydrogens is 363 g/mol. The molecule has 0 aliphatic carbocycles. The molecule has 0 unspecified atom stereocenters. The van der Waals surface area contributed by atoms with Gasteiger partial charge in [-0.1, -0.05) is 18.2 Å². The molecule has 3 heterocycles. The largest absolute Gasteiger partial charge is 0.451 e. The van der Waals surface area contributed by atoms with E-state index in [0.29, 0.717) is 16.9 Å². The molecule has 1 aromatic carbocycles. The number of hydrogen-bond acceptors (Lipinski definition) is 4. The Hall–Kier alpha value is -3.24. The third kappa shape index (κ3) is 3.16. The Morgan fingerprint density at radius 2 is 1.93 bits per heavy atom. The van der Waals surface area contributed by atoms with E-state index in [1.165, 1.54) is 22.9 Å². The van der Waals surface area contributed by atoms with Crippen molar-refractivity contribution in [2.45, 2.75) is 12.6 Å². The fraction of sp³-hybridized carbons (Fsp3) is 0.125. The Balaban J connectivity index is 1.84. The van der Waals surface area contributed by atoms with E-state index in [4.69, 9.17) is 7.85 Å². The van der Waals surface area contributed by atoms with Crippen molar-refractivity contribution >= 4 is 19.1 Å². The van der Waals surface area contributed by atoms with Gasteiger partial charge in [-0.15, -0.1) is 0 Å². The van der Waals surface area contributed by atoms with E-state index < -0.39 is 17.8 Å². The first kappa shape index (κ1) is 17.2. The summed E-state index contributed by atoms with van der Waals surface area (Å²) in [6, 6.07) is 6.12. The Kier molecular flexibility index (Phi) is 3.94. The molecular formula is C16H9BF4N6. The molecule has 0 bridgehead atoms. The summed E-state index contributed by atoms with van der Waals surface area (Å²) in [5, 5.41) is 5.41. The SMILES string of the molecule is [B]c1cnc2c(Cc3ccccc3F)nc(-c3n[nH]c(C(F)(F)F)n3)cn12. The molecule has 6 nitrogen and oxygen atoms in total. The van der Waals surface area contributed by atoms with Crippen molar-refractivity contribution in [3.05, 3.63) is 59.6 Å². The van der Waals surface area contributed by atoms with Gasteiger partial charge in [0.15, 0.2) is 5.65 Å². The second-order valence-corrected chi connectivity index (χ2v) is 5.72. The van der Waals surface area contributed by atoms with Gasteiger partial charge in [0.05, 0.1) is 5.69 Å². The number of benzene rings is 1. The fourth-order valence-corrected chi connectivity index (χ4v) is 2.62. The normalized spacial score (nSPS) is 12.0. The van der Waals surface area contributed by atoms with Crippen molar-refractivity contribution in [3.63, 3.8) is 0 Å². The number of alkyl halides is 3. The predicted octanol–water partition coefficient (Wildman–Crippen LogP) is 2.06. The maximum absolute atomic E-state index is 14.0. The van der Waals surface area contributed by atoms with Gasteiger partial charge in [-0.2, -0.15) is 18.3 Å². The van der Waals surface area contributed by atoms with E-state index in [2.05, 4.69) is 20.1 Å². The summed E-state index contributed by atoms with van der Waals surface area (Å²) in [5.74, 6) is -1.93. The number of halogens is 4. The summed E-state index contributed by atoms with van der Waals surface area (Å²) in [7, 11) is 5.86. The van der Waals surface area contributed by atoms with E-state index in [1.54, 1.807) is 18.2 Å². The Morgan fingerprint density at radius 3 is 2.63 bits per heavy atom. The molecule has 11 heteroatoms. The highest BCUT2D eigenvalue weighted by Crippen LogP contribution is 2.27. The highest BCUT2D eigenvalue weighted by molar-refractivity contribution is 6.31. The predicted molar refractivity (Wildman–Crippen MR) is 88.0 cm³/mol. The molecule has 3 aromatic heterocycles. The van der Waals surface area contributed by atoms with Gasteiger partial charge in [-0.3, -0.25) is 5.10 Å². The van der Waals surface area contributed by atoms with Gasteiger partial charge >= 0.3 is 6.18 Å². The molecule has 4 aromatic rings. The lowest BCUT2D eigenvalue weighted by molar-refractivity contribution is -0.144. The molecule has 0 aliphatic heterocycles. The van der Waals surface area contributed by atoms with Crippen LogP contribution < -0.4 is 5.59 Å². The number of imidazole rings is 1. The lowest BCUT2D eigenvalue weighted by Gasteiger charge is -2.08. The van der Waals surface area contributed by atoms with Crippen LogP contribution in [-0.4, -0.2) is 37.4 Å². The second-order valence-electron chi connectivity index (χ2n) is 5.72. The molecule has 0 saturated heterocycles. The Bertz CT molecular complexity index is 1130. The van der Waals surface area contributed by atoms with Gasteiger partial charge in [0.1, 0.15) is 19.4 Å². The number of aromatic nitrogens is 6. The maximum atomic E-state index is 14.0. The first-order valence-corrected chi connectivity index (χ1v) is 7.69. The standard InChI is InChI=1S/C16H9BF4N6/c17-12-6-22-14-10(5-8-3-1-2-4-9(8)18)23-11(7-27(12)14)13-24-15(26-25-13)16(19,20)21/h1-4,6-7H,5H2,(H,24,25,26). The molecule has 134 valence electrons. The molecule has 0 amide bonds. The number of rotatable bonds is 3. The summed E-state index contributed by atoms with van der Waals surface area (Å²) >= 11 is 0. The van der Waals surface area contributed by atoms with Crippen LogP contribution in [0.4, 0.5) is 17.6 Å². The molecule has 2 radical (unpaired) electrons. The van der Waals surface area contributed by atoms with Gasteiger partial charge in [0, 0.05) is 18.8 Å².